The van der Waals surface area contributed by atoms with E-state index in [9.17, 15) is 13.6 Å². The predicted molar refractivity (Wildman–Crippen MR) is 75.1 cm³/mol. The highest BCUT2D eigenvalue weighted by atomic mass is 79.9. The van der Waals surface area contributed by atoms with Gasteiger partial charge in [0.15, 0.2) is 11.6 Å². The number of hydrogen-bond donors (Lipinski definition) is 1. The van der Waals surface area contributed by atoms with E-state index in [4.69, 9.17) is 5.73 Å². The van der Waals surface area contributed by atoms with Gasteiger partial charge in [0.05, 0.1) is 10.0 Å². The summed E-state index contributed by atoms with van der Waals surface area (Å²) in [6.45, 7) is 4.50. The molecule has 19 heavy (non-hydrogen) atoms. The molecule has 0 saturated heterocycles. The normalized spacial score (nSPS) is 11.7. The maximum Gasteiger partial charge on any atom is 0.168 e. The van der Waals surface area contributed by atoms with E-state index >= 15 is 0 Å². The monoisotopic (exact) mass is 333 g/mol. The average molecular weight is 334 g/mol. The van der Waals surface area contributed by atoms with E-state index in [0.717, 1.165) is 12.5 Å². The van der Waals surface area contributed by atoms with Crippen molar-refractivity contribution in [2.75, 3.05) is 6.54 Å². The second-order valence-corrected chi connectivity index (χ2v) is 6.20. The zero-order valence-corrected chi connectivity index (χ0v) is 12.7. The van der Waals surface area contributed by atoms with E-state index in [1.807, 2.05) is 13.8 Å². The van der Waals surface area contributed by atoms with E-state index < -0.39 is 23.0 Å². The molecule has 0 saturated carbocycles. The second-order valence-electron chi connectivity index (χ2n) is 5.34. The number of nitrogens with two attached hydrogens (primary N) is 1. The Hall–Kier alpha value is -0.810. The molecule has 0 fully saturated rings. The van der Waals surface area contributed by atoms with Crippen LogP contribution in [0.2, 0.25) is 0 Å². The SMILES string of the molecule is CC(C)(CCN)CCC(=O)c1c(F)ccc(Br)c1F. The summed E-state index contributed by atoms with van der Waals surface area (Å²) in [7, 11) is 0. The standard InChI is InChI=1S/C14H18BrF2NO/c1-14(2,7-8-18)6-5-11(19)12-10(16)4-3-9(15)13(12)17/h3-4H,5-8,18H2,1-2H3. The number of rotatable bonds is 6. The Bertz CT molecular complexity index is 475. The van der Waals surface area contributed by atoms with Gasteiger partial charge in [-0.15, -0.1) is 0 Å². The first-order valence-corrected chi connectivity index (χ1v) is 6.94. The number of carbonyl (C=O) groups is 1. The summed E-state index contributed by atoms with van der Waals surface area (Å²) in [5, 5.41) is 0. The van der Waals surface area contributed by atoms with Crippen molar-refractivity contribution >= 4 is 21.7 Å². The summed E-state index contributed by atoms with van der Waals surface area (Å²) < 4.78 is 27.4. The van der Waals surface area contributed by atoms with Crippen LogP contribution >= 0.6 is 15.9 Å². The smallest absolute Gasteiger partial charge is 0.168 e. The fourth-order valence-corrected chi connectivity index (χ4v) is 2.21. The van der Waals surface area contributed by atoms with Crippen LogP contribution in [0.15, 0.2) is 16.6 Å². The Labute approximate surface area is 120 Å². The topological polar surface area (TPSA) is 43.1 Å². The van der Waals surface area contributed by atoms with Gasteiger partial charge in [-0.3, -0.25) is 4.79 Å². The molecule has 0 spiro atoms. The van der Waals surface area contributed by atoms with Crippen molar-refractivity contribution in [3.8, 4) is 0 Å². The minimum absolute atomic E-state index is 0.0958. The Kier molecular flexibility index (Phi) is 5.62. The molecule has 106 valence electrons. The summed E-state index contributed by atoms with van der Waals surface area (Å²) >= 11 is 2.95. The van der Waals surface area contributed by atoms with Crippen LogP contribution in [0.25, 0.3) is 0 Å². The zero-order valence-electron chi connectivity index (χ0n) is 11.1. The molecule has 2 N–H and O–H groups in total. The van der Waals surface area contributed by atoms with Gasteiger partial charge in [0.1, 0.15) is 5.82 Å². The van der Waals surface area contributed by atoms with Crippen LogP contribution in [0, 0.1) is 17.0 Å². The third-order valence-corrected chi connectivity index (χ3v) is 3.79. The summed E-state index contributed by atoms with van der Waals surface area (Å²) in [6, 6.07) is 2.34. The van der Waals surface area contributed by atoms with Crippen molar-refractivity contribution in [1.82, 2.24) is 0 Å². The van der Waals surface area contributed by atoms with Crippen molar-refractivity contribution in [2.24, 2.45) is 11.1 Å². The van der Waals surface area contributed by atoms with E-state index in [1.54, 1.807) is 0 Å². The molecule has 0 aromatic heterocycles. The first-order valence-electron chi connectivity index (χ1n) is 6.15. The minimum Gasteiger partial charge on any atom is -0.330 e. The van der Waals surface area contributed by atoms with Crippen LogP contribution < -0.4 is 5.73 Å². The van der Waals surface area contributed by atoms with Gasteiger partial charge in [-0.25, -0.2) is 8.78 Å². The molecule has 0 amide bonds. The van der Waals surface area contributed by atoms with Gasteiger partial charge in [-0.1, -0.05) is 13.8 Å². The van der Waals surface area contributed by atoms with Crippen LogP contribution in [0.5, 0.6) is 0 Å². The Morgan fingerprint density at radius 3 is 2.53 bits per heavy atom. The molecule has 0 bridgehead atoms. The maximum atomic E-state index is 13.8. The lowest BCUT2D eigenvalue weighted by Crippen LogP contribution is -2.19. The summed E-state index contributed by atoms with van der Waals surface area (Å²) in [5.74, 6) is -2.16. The van der Waals surface area contributed by atoms with Crippen molar-refractivity contribution in [3.63, 3.8) is 0 Å². The predicted octanol–water partition coefficient (Wildman–Crippen LogP) is 4.07. The molecule has 0 aliphatic rings. The first-order chi connectivity index (χ1) is 8.78. The fourth-order valence-electron chi connectivity index (χ4n) is 1.88. The lowest BCUT2D eigenvalue weighted by Gasteiger charge is -2.23. The van der Waals surface area contributed by atoms with Gasteiger partial charge >= 0.3 is 0 Å². The molecule has 0 atom stereocenters. The number of carbonyl (C=O) groups excluding carboxylic acids is 1. The molecular formula is C14H18BrF2NO. The van der Waals surface area contributed by atoms with E-state index in [1.165, 1.54) is 6.07 Å². The van der Waals surface area contributed by atoms with Gasteiger partial charge in [-0.2, -0.15) is 0 Å². The van der Waals surface area contributed by atoms with Gasteiger partial charge in [0.25, 0.3) is 0 Å². The highest BCUT2D eigenvalue weighted by Crippen LogP contribution is 2.29. The van der Waals surface area contributed by atoms with Crippen LogP contribution in [-0.4, -0.2) is 12.3 Å². The molecule has 1 aromatic carbocycles. The zero-order chi connectivity index (χ0) is 14.6. The lowest BCUT2D eigenvalue weighted by atomic mass is 9.83. The Morgan fingerprint density at radius 1 is 1.32 bits per heavy atom. The van der Waals surface area contributed by atoms with E-state index in [0.29, 0.717) is 13.0 Å². The van der Waals surface area contributed by atoms with Crippen LogP contribution in [0.4, 0.5) is 8.78 Å². The molecule has 0 unspecified atom stereocenters. The van der Waals surface area contributed by atoms with Crippen molar-refractivity contribution in [1.29, 1.82) is 0 Å². The van der Waals surface area contributed by atoms with E-state index in [2.05, 4.69) is 15.9 Å². The molecule has 1 rings (SSSR count). The molecule has 1 aromatic rings. The quantitative estimate of drug-likeness (QED) is 0.630. The summed E-state index contributed by atoms with van der Waals surface area (Å²) in [4.78, 5) is 12.0. The van der Waals surface area contributed by atoms with Crippen LogP contribution in [-0.2, 0) is 0 Å². The van der Waals surface area contributed by atoms with Crippen molar-refractivity contribution < 1.29 is 13.6 Å². The fraction of sp³-hybridized carbons (Fsp3) is 0.500. The van der Waals surface area contributed by atoms with Gasteiger partial charge in [-0.05, 0) is 52.9 Å². The summed E-state index contributed by atoms with van der Waals surface area (Å²) in [6.07, 6.45) is 1.43. The van der Waals surface area contributed by atoms with Crippen LogP contribution in [0.1, 0.15) is 43.5 Å². The van der Waals surface area contributed by atoms with Gasteiger partial charge < -0.3 is 5.73 Å². The lowest BCUT2D eigenvalue weighted by molar-refractivity contribution is 0.0953. The Morgan fingerprint density at radius 2 is 1.95 bits per heavy atom. The third-order valence-electron chi connectivity index (χ3n) is 3.17. The highest BCUT2D eigenvalue weighted by Gasteiger charge is 2.23. The molecule has 0 aliphatic heterocycles. The second kappa shape index (κ2) is 6.57. The number of halogens is 3. The van der Waals surface area contributed by atoms with Crippen molar-refractivity contribution in [3.05, 3.63) is 33.8 Å². The number of hydrogen-bond acceptors (Lipinski definition) is 2. The largest absolute Gasteiger partial charge is 0.330 e. The molecule has 2 nitrogen and oxygen atoms in total. The molecule has 0 radical (unpaired) electrons. The molecule has 0 aliphatic carbocycles. The number of Topliss-reactive ketones (excluding diaryl/α,β-unsaturated/α-hetero) is 1. The molecule has 5 heteroatoms. The van der Waals surface area contributed by atoms with Gasteiger partial charge in [0, 0.05) is 6.42 Å². The van der Waals surface area contributed by atoms with Gasteiger partial charge in [0.2, 0.25) is 0 Å². The molecule has 0 heterocycles. The third kappa shape index (κ3) is 4.35. The van der Waals surface area contributed by atoms with Crippen LogP contribution in [0.3, 0.4) is 0 Å². The minimum atomic E-state index is -0.832. The highest BCUT2D eigenvalue weighted by molar-refractivity contribution is 9.10. The van der Waals surface area contributed by atoms with E-state index in [-0.39, 0.29) is 16.3 Å². The average Bonchev–Trinajstić information content (AvgIpc) is 2.32. The maximum absolute atomic E-state index is 13.8. The first kappa shape index (κ1) is 16.2. The Balaban J connectivity index is 2.83. The number of benzene rings is 1. The van der Waals surface area contributed by atoms with Crippen molar-refractivity contribution in [2.45, 2.75) is 33.1 Å². The molecular weight excluding hydrogens is 316 g/mol. The summed E-state index contributed by atoms with van der Waals surface area (Å²) in [5.41, 5.74) is 4.92. The number of ketones is 1.